The summed E-state index contributed by atoms with van der Waals surface area (Å²) in [5, 5.41) is 0. The molecule has 0 aliphatic rings. The highest BCUT2D eigenvalue weighted by atomic mass is 16.1. The molecular weight excluding hydrogens is 184 g/mol. The van der Waals surface area contributed by atoms with Crippen LogP contribution >= 0.6 is 0 Å². The lowest BCUT2D eigenvalue weighted by molar-refractivity contribution is 0.0923. The van der Waals surface area contributed by atoms with Crippen LogP contribution in [0.4, 0.5) is 0 Å². The molecule has 1 heteroatoms. The van der Waals surface area contributed by atoms with Crippen LogP contribution in [0.15, 0.2) is 18.2 Å². The summed E-state index contributed by atoms with van der Waals surface area (Å²) in [7, 11) is 0. The van der Waals surface area contributed by atoms with Crippen molar-refractivity contribution in [2.24, 2.45) is 5.92 Å². The van der Waals surface area contributed by atoms with Gasteiger partial charge in [-0.25, -0.2) is 0 Å². The van der Waals surface area contributed by atoms with Crippen LogP contribution in [0.5, 0.6) is 0 Å². The first kappa shape index (κ1) is 12.0. The van der Waals surface area contributed by atoms with E-state index in [4.69, 9.17) is 0 Å². The van der Waals surface area contributed by atoms with Crippen molar-refractivity contribution in [3.8, 4) is 0 Å². The van der Waals surface area contributed by atoms with Crippen molar-refractivity contribution in [2.75, 3.05) is 0 Å². The molecule has 1 unspecified atom stereocenters. The van der Waals surface area contributed by atoms with Crippen LogP contribution in [0.2, 0.25) is 0 Å². The standard InChI is InChI=1S/C14H20O/c1-5-7-11(3)14(15)13-9-6-8-10(2)12(13)4/h6,8-9,11H,5,7H2,1-4H3. The quantitative estimate of drug-likeness (QED) is 0.679. The van der Waals surface area contributed by atoms with Crippen molar-refractivity contribution in [3.05, 3.63) is 34.9 Å². The van der Waals surface area contributed by atoms with Crippen molar-refractivity contribution in [1.82, 2.24) is 0 Å². The van der Waals surface area contributed by atoms with E-state index in [2.05, 4.69) is 19.9 Å². The molecule has 0 saturated carbocycles. The minimum Gasteiger partial charge on any atom is -0.294 e. The number of carbonyl (C=O) groups excluding carboxylic acids is 1. The molecule has 0 amide bonds. The van der Waals surface area contributed by atoms with Gasteiger partial charge in [0.25, 0.3) is 0 Å². The zero-order valence-electron chi connectivity index (χ0n) is 10.1. The highest BCUT2D eigenvalue weighted by Gasteiger charge is 2.16. The second-order valence-electron chi connectivity index (χ2n) is 4.30. The molecule has 0 radical (unpaired) electrons. The highest BCUT2D eigenvalue weighted by molar-refractivity contribution is 5.99. The molecule has 1 atom stereocenters. The average Bonchev–Trinajstić information content (AvgIpc) is 2.21. The number of benzene rings is 1. The van der Waals surface area contributed by atoms with Crippen molar-refractivity contribution < 1.29 is 4.79 Å². The van der Waals surface area contributed by atoms with Gasteiger partial charge >= 0.3 is 0 Å². The van der Waals surface area contributed by atoms with E-state index in [0.717, 1.165) is 24.0 Å². The number of hydrogen-bond donors (Lipinski definition) is 0. The minimum atomic E-state index is 0.149. The predicted octanol–water partition coefficient (Wildman–Crippen LogP) is 3.92. The maximum absolute atomic E-state index is 12.1. The fourth-order valence-corrected chi connectivity index (χ4v) is 1.85. The van der Waals surface area contributed by atoms with Gasteiger partial charge in [0.05, 0.1) is 0 Å². The zero-order chi connectivity index (χ0) is 11.4. The second kappa shape index (κ2) is 5.11. The summed E-state index contributed by atoms with van der Waals surface area (Å²) in [5.74, 6) is 0.438. The Labute approximate surface area is 92.5 Å². The summed E-state index contributed by atoms with van der Waals surface area (Å²) >= 11 is 0. The number of rotatable bonds is 4. The van der Waals surface area contributed by atoms with Crippen molar-refractivity contribution in [1.29, 1.82) is 0 Å². The molecule has 0 fully saturated rings. The lowest BCUT2D eigenvalue weighted by atomic mass is 9.91. The second-order valence-corrected chi connectivity index (χ2v) is 4.30. The Kier molecular flexibility index (Phi) is 4.07. The lowest BCUT2D eigenvalue weighted by Gasteiger charge is -2.12. The number of aryl methyl sites for hydroxylation is 1. The summed E-state index contributed by atoms with van der Waals surface area (Å²) in [6.07, 6.45) is 2.05. The Balaban J connectivity index is 2.96. The first-order chi connectivity index (χ1) is 7.07. The number of ketones is 1. The third-order valence-electron chi connectivity index (χ3n) is 3.04. The third-order valence-corrected chi connectivity index (χ3v) is 3.04. The SMILES string of the molecule is CCCC(C)C(=O)c1cccc(C)c1C. The molecule has 1 nitrogen and oxygen atoms in total. The van der Waals surface area contributed by atoms with Gasteiger partial charge in [-0.3, -0.25) is 4.79 Å². The van der Waals surface area contributed by atoms with Gasteiger partial charge in [-0.15, -0.1) is 0 Å². The van der Waals surface area contributed by atoms with E-state index in [0.29, 0.717) is 0 Å². The Morgan fingerprint density at radius 2 is 2.00 bits per heavy atom. The molecule has 0 saturated heterocycles. The summed E-state index contributed by atoms with van der Waals surface area (Å²) in [6.45, 7) is 8.22. The van der Waals surface area contributed by atoms with Crippen LogP contribution in [-0.2, 0) is 0 Å². The van der Waals surface area contributed by atoms with E-state index in [1.807, 2.05) is 26.0 Å². The molecule has 0 bridgehead atoms. The topological polar surface area (TPSA) is 17.1 Å². The van der Waals surface area contributed by atoms with Crippen LogP contribution < -0.4 is 0 Å². The molecule has 0 aliphatic heterocycles. The first-order valence-electron chi connectivity index (χ1n) is 5.68. The molecule has 1 rings (SSSR count). The fraction of sp³-hybridized carbons (Fsp3) is 0.500. The molecule has 0 spiro atoms. The van der Waals surface area contributed by atoms with Crippen LogP contribution in [-0.4, -0.2) is 5.78 Å². The Hall–Kier alpha value is -1.11. The molecular formula is C14H20O. The first-order valence-corrected chi connectivity index (χ1v) is 5.68. The van der Waals surface area contributed by atoms with E-state index >= 15 is 0 Å². The zero-order valence-corrected chi connectivity index (χ0v) is 10.1. The van der Waals surface area contributed by atoms with E-state index in [1.54, 1.807) is 0 Å². The van der Waals surface area contributed by atoms with Crippen molar-refractivity contribution in [3.63, 3.8) is 0 Å². The van der Waals surface area contributed by atoms with Crippen LogP contribution in [0.25, 0.3) is 0 Å². The van der Waals surface area contributed by atoms with Crippen molar-refractivity contribution in [2.45, 2.75) is 40.5 Å². The van der Waals surface area contributed by atoms with Gasteiger partial charge in [0.1, 0.15) is 0 Å². The Morgan fingerprint density at radius 3 is 2.60 bits per heavy atom. The van der Waals surface area contributed by atoms with E-state index in [1.165, 1.54) is 5.56 Å². The smallest absolute Gasteiger partial charge is 0.165 e. The van der Waals surface area contributed by atoms with Gasteiger partial charge in [0.15, 0.2) is 5.78 Å². The summed E-state index contributed by atoms with van der Waals surface area (Å²) in [6, 6.07) is 5.96. The molecule has 15 heavy (non-hydrogen) atoms. The molecule has 0 aliphatic carbocycles. The summed E-state index contributed by atoms with van der Waals surface area (Å²) < 4.78 is 0. The summed E-state index contributed by atoms with van der Waals surface area (Å²) in [5.41, 5.74) is 3.23. The largest absolute Gasteiger partial charge is 0.294 e. The van der Waals surface area contributed by atoms with Crippen LogP contribution in [0.3, 0.4) is 0 Å². The van der Waals surface area contributed by atoms with Gasteiger partial charge in [0.2, 0.25) is 0 Å². The van der Waals surface area contributed by atoms with Gasteiger partial charge in [-0.1, -0.05) is 38.5 Å². The molecule has 82 valence electrons. The molecule has 0 heterocycles. The normalized spacial score (nSPS) is 12.5. The fourth-order valence-electron chi connectivity index (χ4n) is 1.85. The maximum Gasteiger partial charge on any atom is 0.165 e. The van der Waals surface area contributed by atoms with Crippen LogP contribution in [0.1, 0.15) is 48.2 Å². The van der Waals surface area contributed by atoms with Gasteiger partial charge in [-0.05, 0) is 31.4 Å². The minimum absolute atomic E-state index is 0.149. The Morgan fingerprint density at radius 1 is 1.33 bits per heavy atom. The molecule has 0 N–H and O–H groups in total. The number of Topliss-reactive ketones (excluding diaryl/α,β-unsaturated/α-hetero) is 1. The van der Waals surface area contributed by atoms with Gasteiger partial charge < -0.3 is 0 Å². The third kappa shape index (κ3) is 2.68. The molecule has 1 aromatic rings. The molecule has 0 aromatic heterocycles. The predicted molar refractivity (Wildman–Crippen MR) is 64.3 cm³/mol. The number of hydrogen-bond acceptors (Lipinski definition) is 1. The number of carbonyl (C=O) groups is 1. The van der Waals surface area contributed by atoms with E-state index in [9.17, 15) is 4.79 Å². The maximum atomic E-state index is 12.1. The average molecular weight is 204 g/mol. The van der Waals surface area contributed by atoms with Gasteiger partial charge in [0, 0.05) is 11.5 Å². The highest BCUT2D eigenvalue weighted by Crippen LogP contribution is 2.19. The molecule has 1 aromatic carbocycles. The van der Waals surface area contributed by atoms with E-state index in [-0.39, 0.29) is 11.7 Å². The Bertz CT molecular complexity index is 352. The summed E-state index contributed by atoms with van der Waals surface area (Å²) in [4.78, 5) is 12.1. The van der Waals surface area contributed by atoms with Crippen LogP contribution in [0, 0.1) is 19.8 Å². The van der Waals surface area contributed by atoms with Crippen molar-refractivity contribution >= 4 is 5.78 Å². The van der Waals surface area contributed by atoms with E-state index < -0.39 is 0 Å². The lowest BCUT2D eigenvalue weighted by Crippen LogP contribution is -2.12. The monoisotopic (exact) mass is 204 g/mol. The van der Waals surface area contributed by atoms with Gasteiger partial charge in [-0.2, -0.15) is 0 Å².